The third kappa shape index (κ3) is 12.1. The highest BCUT2D eigenvalue weighted by Crippen LogP contribution is 2.25. The molecule has 2 rings (SSSR count). The third-order valence-corrected chi connectivity index (χ3v) is 6.35. The molecule has 0 aliphatic carbocycles. The van der Waals surface area contributed by atoms with Crippen molar-refractivity contribution in [1.29, 1.82) is 0 Å². The van der Waals surface area contributed by atoms with E-state index >= 15 is 0 Å². The molecule has 2 aromatic carbocycles. The molecule has 0 fully saturated rings. The lowest BCUT2D eigenvalue weighted by Crippen LogP contribution is -2.54. The number of hydrogen-bond donors (Lipinski definition) is 2. The van der Waals surface area contributed by atoms with Gasteiger partial charge in [-0.05, 0) is 72.9 Å². The smallest absolute Gasteiger partial charge is 0.408 e. The fourth-order valence-electron chi connectivity index (χ4n) is 4.47. The standard InChI is InChI=1S/C34H49N3O6/c1-10-11-20-37(30(39)24(3)35-32(41)43-34(7,8)9)28(26-19-15-16-23(2)21-26)29(38)36-27(31(40)42-33(4,5)6)22-25-17-13-12-14-18-25/h12-19,21,24,27-28H,10-11,20,22H2,1-9H3,(H,35,41)(H,36,38). The summed E-state index contributed by atoms with van der Waals surface area (Å²) in [4.78, 5) is 55.5. The van der Waals surface area contributed by atoms with Crippen LogP contribution in [-0.2, 0) is 30.3 Å². The number of carbonyl (C=O) groups is 4. The molecule has 3 atom stereocenters. The number of rotatable bonds is 12. The summed E-state index contributed by atoms with van der Waals surface area (Å²) in [7, 11) is 0. The van der Waals surface area contributed by atoms with Gasteiger partial charge in [0.05, 0.1) is 0 Å². The number of hydrogen-bond acceptors (Lipinski definition) is 6. The summed E-state index contributed by atoms with van der Waals surface area (Å²) in [5, 5.41) is 5.52. The summed E-state index contributed by atoms with van der Waals surface area (Å²) < 4.78 is 11.0. The van der Waals surface area contributed by atoms with E-state index in [1.807, 2.05) is 62.4 Å². The first-order valence-electron chi connectivity index (χ1n) is 14.9. The van der Waals surface area contributed by atoms with Crippen LogP contribution >= 0.6 is 0 Å². The molecule has 0 bridgehead atoms. The van der Waals surface area contributed by atoms with Gasteiger partial charge in [-0.1, -0.05) is 73.5 Å². The van der Waals surface area contributed by atoms with Crippen LogP contribution in [0.2, 0.25) is 0 Å². The average molecular weight is 596 g/mol. The number of ether oxygens (including phenoxy) is 2. The predicted molar refractivity (Wildman–Crippen MR) is 167 cm³/mol. The highest BCUT2D eigenvalue weighted by Gasteiger charge is 2.37. The predicted octanol–water partition coefficient (Wildman–Crippen LogP) is 5.65. The molecule has 0 heterocycles. The molecular weight excluding hydrogens is 546 g/mol. The highest BCUT2D eigenvalue weighted by atomic mass is 16.6. The van der Waals surface area contributed by atoms with Gasteiger partial charge >= 0.3 is 12.1 Å². The first kappa shape index (κ1) is 35.3. The maximum Gasteiger partial charge on any atom is 0.408 e. The van der Waals surface area contributed by atoms with Gasteiger partial charge in [0.1, 0.15) is 29.3 Å². The minimum Gasteiger partial charge on any atom is -0.458 e. The van der Waals surface area contributed by atoms with E-state index in [1.54, 1.807) is 54.5 Å². The Balaban J connectivity index is 2.50. The van der Waals surface area contributed by atoms with Crippen LogP contribution < -0.4 is 10.6 Å². The van der Waals surface area contributed by atoms with Crippen LogP contribution in [0, 0.1) is 6.92 Å². The minimum atomic E-state index is -1.07. The van der Waals surface area contributed by atoms with Gasteiger partial charge in [0.2, 0.25) is 11.8 Å². The number of nitrogens with zero attached hydrogens (tertiary/aromatic N) is 1. The Labute approximate surface area is 256 Å². The second kappa shape index (κ2) is 15.5. The average Bonchev–Trinajstić information content (AvgIpc) is 2.88. The summed E-state index contributed by atoms with van der Waals surface area (Å²) in [6.07, 6.45) is 0.879. The zero-order chi connectivity index (χ0) is 32.4. The molecule has 43 heavy (non-hydrogen) atoms. The van der Waals surface area contributed by atoms with Crippen LogP contribution in [0.15, 0.2) is 54.6 Å². The molecule has 0 saturated carbocycles. The number of aryl methyl sites for hydroxylation is 1. The lowest BCUT2D eigenvalue weighted by atomic mass is 9.99. The first-order chi connectivity index (χ1) is 20.0. The van der Waals surface area contributed by atoms with Crippen LogP contribution in [0.5, 0.6) is 0 Å². The Bertz CT molecular complexity index is 1230. The maximum atomic E-state index is 14.2. The molecule has 236 valence electrons. The van der Waals surface area contributed by atoms with Crippen LogP contribution in [0.25, 0.3) is 0 Å². The Morgan fingerprint density at radius 2 is 1.49 bits per heavy atom. The summed E-state index contributed by atoms with van der Waals surface area (Å²) in [5.74, 6) is -1.54. The number of esters is 1. The van der Waals surface area contributed by atoms with E-state index in [-0.39, 0.29) is 13.0 Å². The molecule has 0 radical (unpaired) electrons. The zero-order valence-electron chi connectivity index (χ0n) is 27.2. The Morgan fingerprint density at radius 1 is 0.860 bits per heavy atom. The largest absolute Gasteiger partial charge is 0.458 e. The molecule has 3 unspecified atom stereocenters. The zero-order valence-corrected chi connectivity index (χ0v) is 27.2. The fourth-order valence-corrected chi connectivity index (χ4v) is 4.47. The van der Waals surface area contributed by atoms with Crippen LogP contribution in [0.3, 0.4) is 0 Å². The van der Waals surface area contributed by atoms with Gasteiger partial charge in [-0.3, -0.25) is 9.59 Å². The lowest BCUT2D eigenvalue weighted by Gasteiger charge is -2.35. The molecule has 2 N–H and O–H groups in total. The molecule has 0 aromatic heterocycles. The Morgan fingerprint density at radius 3 is 2.05 bits per heavy atom. The lowest BCUT2D eigenvalue weighted by molar-refractivity contribution is -0.159. The summed E-state index contributed by atoms with van der Waals surface area (Å²) in [6.45, 7) is 16.2. The number of alkyl carbamates (subject to hydrolysis) is 1. The van der Waals surface area contributed by atoms with Crippen LogP contribution in [0.4, 0.5) is 4.79 Å². The number of amides is 3. The molecule has 0 saturated heterocycles. The van der Waals surface area contributed by atoms with Crippen molar-refractivity contribution in [2.24, 2.45) is 0 Å². The van der Waals surface area contributed by atoms with E-state index < -0.39 is 53.2 Å². The number of carbonyl (C=O) groups excluding carboxylic acids is 4. The second-order valence-corrected chi connectivity index (χ2v) is 12.9. The molecule has 2 aromatic rings. The first-order valence-corrected chi connectivity index (χ1v) is 14.9. The van der Waals surface area contributed by atoms with Crippen molar-refractivity contribution in [2.75, 3.05) is 6.54 Å². The van der Waals surface area contributed by atoms with E-state index in [2.05, 4.69) is 10.6 Å². The van der Waals surface area contributed by atoms with Gasteiger partial charge in [-0.2, -0.15) is 0 Å². The Hall–Kier alpha value is -3.88. The molecule has 0 aliphatic heterocycles. The van der Waals surface area contributed by atoms with Crippen molar-refractivity contribution in [3.05, 3.63) is 71.3 Å². The molecule has 9 heteroatoms. The summed E-state index contributed by atoms with van der Waals surface area (Å²) in [6, 6.07) is 13.7. The van der Waals surface area contributed by atoms with Gasteiger partial charge in [0.25, 0.3) is 0 Å². The molecule has 9 nitrogen and oxygen atoms in total. The van der Waals surface area contributed by atoms with Gasteiger partial charge < -0.3 is 25.0 Å². The van der Waals surface area contributed by atoms with Gasteiger partial charge in [-0.15, -0.1) is 0 Å². The molecule has 3 amide bonds. The van der Waals surface area contributed by atoms with Crippen molar-refractivity contribution in [3.8, 4) is 0 Å². The molecule has 0 aliphatic rings. The third-order valence-electron chi connectivity index (χ3n) is 6.35. The minimum absolute atomic E-state index is 0.210. The monoisotopic (exact) mass is 595 g/mol. The normalized spacial score (nSPS) is 13.7. The van der Waals surface area contributed by atoms with Crippen LogP contribution in [0.1, 0.15) is 91.0 Å². The van der Waals surface area contributed by atoms with Gasteiger partial charge in [0.15, 0.2) is 0 Å². The number of benzene rings is 2. The SMILES string of the molecule is CCCCN(C(=O)C(C)NC(=O)OC(C)(C)C)C(C(=O)NC(Cc1ccccc1)C(=O)OC(C)(C)C)c1cccc(C)c1. The van der Waals surface area contributed by atoms with Crippen molar-refractivity contribution < 1.29 is 28.7 Å². The van der Waals surface area contributed by atoms with E-state index in [0.29, 0.717) is 12.0 Å². The maximum absolute atomic E-state index is 14.2. The number of unbranched alkanes of at least 4 members (excludes halogenated alkanes) is 1. The van der Waals surface area contributed by atoms with Crippen molar-refractivity contribution in [3.63, 3.8) is 0 Å². The second-order valence-electron chi connectivity index (χ2n) is 12.9. The van der Waals surface area contributed by atoms with E-state index in [4.69, 9.17) is 9.47 Å². The van der Waals surface area contributed by atoms with E-state index in [1.165, 1.54) is 4.90 Å². The fraction of sp³-hybridized carbons (Fsp3) is 0.529. The van der Waals surface area contributed by atoms with Gasteiger partial charge in [0, 0.05) is 13.0 Å². The highest BCUT2D eigenvalue weighted by molar-refractivity contribution is 5.93. The molecular formula is C34H49N3O6. The summed E-state index contributed by atoms with van der Waals surface area (Å²) in [5.41, 5.74) is 0.840. The van der Waals surface area contributed by atoms with E-state index in [9.17, 15) is 19.2 Å². The Kier molecular flexibility index (Phi) is 12.8. The van der Waals surface area contributed by atoms with Gasteiger partial charge in [-0.25, -0.2) is 9.59 Å². The van der Waals surface area contributed by atoms with Crippen molar-refractivity contribution in [1.82, 2.24) is 15.5 Å². The quantitative estimate of drug-likeness (QED) is 0.307. The topological polar surface area (TPSA) is 114 Å². The molecule has 0 spiro atoms. The van der Waals surface area contributed by atoms with Crippen molar-refractivity contribution in [2.45, 2.75) is 111 Å². The summed E-state index contributed by atoms with van der Waals surface area (Å²) >= 11 is 0. The van der Waals surface area contributed by atoms with E-state index in [0.717, 1.165) is 17.5 Å². The number of nitrogens with one attached hydrogen (secondary N) is 2. The van der Waals surface area contributed by atoms with Crippen molar-refractivity contribution >= 4 is 23.9 Å². The van der Waals surface area contributed by atoms with Crippen LogP contribution in [-0.4, -0.2) is 58.6 Å².